The van der Waals surface area contributed by atoms with Gasteiger partial charge in [-0.1, -0.05) is 60.7 Å². The highest BCUT2D eigenvalue weighted by molar-refractivity contribution is 5.14. The molecule has 0 aliphatic heterocycles. The zero-order valence-corrected chi connectivity index (χ0v) is 12.0. The van der Waals surface area contributed by atoms with Crippen LogP contribution in [-0.2, 0) is 22.7 Å². The van der Waals surface area contributed by atoms with E-state index in [9.17, 15) is 0 Å². The smallest absolute Gasteiger partial charge is 0.218 e. The van der Waals surface area contributed by atoms with E-state index in [2.05, 4.69) is 0 Å². The number of hydrogen-bond acceptors (Lipinski definition) is 3. The summed E-state index contributed by atoms with van der Waals surface area (Å²) >= 11 is 0. The Balaban J connectivity index is 1.84. The predicted molar refractivity (Wildman–Crippen MR) is 79.9 cm³/mol. The molecule has 20 heavy (non-hydrogen) atoms. The molecular formula is C17H21NO2. The van der Waals surface area contributed by atoms with Gasteiger partial charge in [0.15, 0.2) is 0 Å². The second-order valence-corrected chi connectivity index (χ2v) is 4.86. The minimum Gasteiger partial charge on any atom is -0.335 e. The fourth-order valence-electron chi connectivity index (χ4n) is 1.83. The summed E-state index contributed by atoms with van der Waals surface area (Å²) in [6.07, 6.45) is -0.351. The fourth-order valence-corrected chi connectivity index (χ4v) is 1.83. The van der Waals surface area contributed by atoms with E-state index in [1.54, 1.807) is 0 Å². The number of ether oxygens (including phenoxy) is 2. The first-order valence-corrected chi connectivity index (χ1v) is 6.73. The molecule has 0 radical (unpaired) electrons. The number of rotatable bonds is 7. The van der Waals surface area contributed by atoms with E-state index in [0.29, 0.717) is 13.2 Å². The zero-order valence-electron chi connectivity index (χ0n) is 12.0. The van der Waals surface area contributed by atoms with Gasteiger partial charge in [-0.05, 0) is 25.2 Å². The Kier molecular flexibility index (Phi) is 5.74. The van der Waals surface area contributed by atoms with E-state index >= 15 is 0 Å². The molecule has 0 amide bonds. The lowest BCUT2D eigenvalue weighted by atomic mass is 10.2. The number of nitrogens with zero attached hydrogens (tertiary/aromatic N) is 1. The Morgan fingerprint density at radius 2 is 1.15 bits per heavy atom. The second kappa shape index (κ2) is 7.80. The van der Waals surface area contributed by atoms with Crippen LogP contribution in [0.25, 0.3) is 0 Å². The second-order valence-electron chi connectivity index (χ2n) is 4.86. The molecule has 2 rings (SSSR count). The monoisotopic (exact) mass is 271 g/mol. The largest absolute Gasteiger partial charge is 0.335 e. The third-order valence-electron chi connectivity index (χ3n) is 2.89. The van der Waals surface area contributed by atoms with Crippen molar-refractivity contribution in [2.24, 2.45) is 0 Å². The van der Waals surface area contributed by atoms with Crippen LogP contribution >= 0.6 is 0 Å². The molecule has 0 heterocycles. The van der Waals surface area contributed by atoms with Crippen LogP contribution in [0.3, 0.4) is 0 Å². The first-order chi connectivity index (χ1) is 9.75. The van der Waals surface area contributed by atoms with E-state index in [4.69, 9.17) is 9.47 Å². The van der Waals surface area contributed by atoms with Crippen LogP contribution in [0, 0.1) is 0 Å². The Bertz CT molecular complexity index is 441. The molecule has 0 saturated carbocycles. The molecule has 0 atom stereocenters. The maximum Gasteiger partial charge on any atom is 0.218 e. The molecule has 3 nitrogen and oxygen atoms in total. The molecule has 106 valence electrons. The average Bonchev–Trinajstić information content (AvgIpc) is 2.49. The molecule has 0 unspecified atom stereocenters. The summed E-state index contributed by atoms with van der Waals surface area (Å²) in [5.74, 6) is 0. The van der Waals surface area contributed by atoms with Crippen LogP contribution in [0.4, 0.5) is 0 Å². The molecule has 2 aromatic rings. The maximum absolute atomic E-state index is 5.82. The summed E-state index contributed by atoms with van der Waals surface area (Å²) < 4.78 is 11.6. The van der Waals surface area contributed by atoms with Gasteiger partial charge >= 0.3 is 0 Å². The van der Waals surface area contributed by atoms with Crippen LogP contribution in [-0.4, -0.2) is 25.4 Å². The first-order valence-electron chi connectivity index (χ1n) is 6.73. The molecule has 0 aliphatic carbocycles. The standard InChI is InChI=1S/C17H21NO2/c1-18(2)17(19-13-15-9-5-3-6-10-15)20-14-16-11-7-4-8-12-16/h3-12,17H,13-14H2,1-2H3. The van der Waals surface area contributed by atoms with E-state index in [0.717, 1.165) is 11.1 Å². The third-order valence-corrected chi connectivity index (χ3v) is 2.89. The summed E-state index contributed by atoms with van der Waals surface area (Å²) in [7, 11) is 3.89. The lowest BCUT2D eigenvalue weighted by Crippen LogP contribution is -2.33. The Labute approximate surface area is 120 Å². The van der Waals surface area contributed by atoms with Crippen molar-refractivity contribution in [2.75, 3.05) is 14.1 Å². The lowest BCUT2D eigenvalue weighted by Gasteiger charge is -2.24. The molecule has 0 saturated heterocycles. The van der Waals surface area contributed by atoms with Crippen LogP contribution in [0.5, 0.6) is 0 Å². The number of benzene rings is 2. The summed E-state index contributed by atoms with van der Waals surface area (Å²) in [6, 6.07) is 20.2. The van der Waals surface area contributed by atoms with Gasteiger partial charge in [0.1, 0.15) is 0 Å². The molecule has 2 aromatic carbocycles. The van der Waals surface area contributed by atoms with Crippen LogP contribution in [0.1, 0.15) is 11.1 Å². The summed E-state index contributed by atoms with van der Waals surface area (Å²) in [6.45, 7) is 1.08. The molecular weight excluding hydrogens is 250 g/mol. The third kappa shape index (κ3) is 4.78. The van der Waals surface area contributed by atoms with Crippen molar-refractivity contribution in [3.63, 3.8) is 0 Å². The lowest BCUT2D eigenvalue weighted by molar-refractivity contribution is -0.223. The first kappa shape index (κ1) is 14.7. The Morgan fingerprint density at radius 3 is 1.50 bits per heavy atom. The van der Waals surface area contributed by atoms with E-state index in [-0.39, 0.29) is 6.41 Å². The van der Waals surface area contributed by atoms with Gasteiger partial charge in [0, 0.05) is 0 Å². The van der Waals surface area contributed by atoms with Crippen molar-refractivity contribution in [1.29, 1.82) is 0 Å². The fraction of sp³-hybridized carbons (Fsp3) is 0.294. The summed E-state index contributed by atoms with van der Waals surface area (Å²) in [5.41, 5.74) is 2.28. The van der Waals surface area contributed by atoms with E-state index in [1.165, 1.54) is 0 Å². The minimum atomic E-state index is -0.351. The number of hydrogen-bond donors (Lipinski definition) is 0. The van der Waals surface area contributed by atoms with Gasteiger partial charge < -0.3 is 9.47 Å². The van der Waals surface area contributed by atoms with Gasteiger partial charge in [-0.2, -0.15) is 0 Å². The molecule has 0 aliphatic rings. The Hall–Kier alpha value is -1.68. The van der Waals surface area contributed by atoms with E-state index in [1.807, 2.05) is 79.7 Å². The predicted octanol–water partition coefficient (Wildman–Crippen LogP) is 3.27. The minimum absolute atomic E-state index is 0.351. The van der Waals surface area contributed by atoms with Crippen molar-refractivity contribution in [2.45, 2.75) is 19.6 Å². The highest BCUT2D eigenvalue weighted by Crippen LogP contribution is 2.09. The SMILES string of the molecule is CN(C)C(OCc1ccccc1)OCc1ccccc1. The van der Waals surface area contributed by atoms with Gasteiger partial charge in [0.25, 0.3) is 0 Å². The van der Waals surface area contributed by atoms with Crippen LogP contribution < -0.4 is 0 Å². The topological polar surface area (TPSA) is 21.7 Å². The average molecular weight is 271 g/mol. The zero-order chi connectivity index (χ0) is 14.2. The molecule has 0 aromatic heterocycles. The Morgan fingerprint density at radius 1 is 0.750 bits per heavy atom. The molecule has 0 bridgehead atoms. The van der Waals surface area contributed by atoms with Gasteiger partial charge in [0.05, 0.1) is 13.2 Å². The van der Waals surface area contributed by atoms with Crippen molar-refractivity contribution in [3.8, 4) is 0 Å². The summed E-state index contributed by atoms with van der Waals surface area (Å²) in [5, 5.41) is 0. The molecule has 0 fully saturated rings. The van der Waals surface area contributed by atoms with Crippen molar-refractivity contribution in [3.05, 3.63) is 71.8 Å². The van der Waals surface area contributed by atoms with Crippen molar-refractivity contribution in [1.82, 2.24) is 4.90 Å². The summed E-state index contributed by atoms with van der Waals surface area (Å²) in [4.78, 5) is 1.92. The molecule has 0 N–H and O–H groups in total. The van der Waals surface area contributed by atoms with Gasteiger partial charge in [-0.15, -0.1) is 0 Å². The highest BCUT2D eigenvalue weighted by Gasteiger charge is 2.12. The van der Waals surface area contributed by atoms with E-state index < -0.39 is 0 Å². The van der Waals surface area contributed by atoms with Crippen LogP contribution in [0.2, 0.25) is 0 Å². The normalized spacial score (nSPS) is 11.2. The van der Waals surface area contributed by atoms with Crippen LogP contribution in [0.15, 0.2) is 60.7 Å². The van der Waals surface area contributed by atoms with Crippen molar-refractivity contribution < 1.29 is 9.47 Å². The molecule has 3 heteroatoms. The van der Waals surface area contributed by atoms with Gasteiger partial charge in [0.2, 0.25) is 6.41 Å². The van der Waals surface area contributed by atoms with Gasteiger partial charge in [-0.25, -0.2) is 0 Å². The highest BCUT2D eigenvalue weighted by atomic mass is 16.7. The van der Waals surface area contributed by atoms with Gasteiger partial charge in [-0.3, -0.25) is 4.90 Å². The molecule has 0 spiro atoms. The quantitative estimate of drug-likeness (QED) is 0.721. The van der Waals surface area contributed by atoms with Crippen molar-refractivity contribution >= 4 is 0 Å². The maximum atomic E-state index is 5.82.